The number of carbonyl (C=O) groups excluding carboxylic acids is 2. The second-order valence-electron chi connectivity index (χ2n) is 6.04. The van der Waals surface area contributed by atoms with Crippen molar-refractivity contribution in [1.82, 2.24) is 4.90 Å². The molecule has 0 saturated carbocycles. The highest BCUT2D eigenvalue weighted by atomic mass is 32.2. The summed E-state index contributed by atoms with van der Waals surface area (Å²) in [6.07, 6.45) is 0.0362. The third-order valence-electron chi connectivity index (χ3n) is 4.13. The maximum Gasteiger partial charge on any atom is 0.242 e. The number of rotatable bonds is 6. The minimum Gasteiger partial charge on any atom is -0.497 e. The number of thioether (sulfide) groups is 1. The Morgan fingerprint density at radius 3 is 2.50 bits per heavy atom. The van der Waals surface area contributed by atoms with Crippen molar-refractivity contribution >= 4 is 40.1 Å². The Hall–Kier alpha value is -2.87. The number of anilines is 1. The van der Waals surface area contributed by atoms with Gasteiger partial charge < -0.3 is 10.1 Å². The lowest BCUT2D eigenvalue weighted by molar-refractivity contribution is -0.128. The van der Waals surface area contributed by atoms with Crippen molar-refractivity contribution in [2.24, 2.45) is 4.99 Å². The molecule has 3 rings (SSSR count). The van der Waals surface area contributed by atoms with Crippen LogP contribution in [0, 0.1) is 5.82 Å². The lowest BCUT2D eigenvalue weighted by Crippen LogP contribution is -2.33. The van der Waals surface area contributed by atoms with Gasteiger partial charge in [0.1, 0.15) is 16.8 Å². The highest BCUT2D eigenvalue weighted by Gasteiger charge is 2.38. The number of hydrogen-bond donors (Lipinski definition) is 1. The number of carbonyl (C=O) groups is 2. The van der Waals surface area contributed by atoms with Gasteiger partial charge in [0, 0.05) is 18.7 Å². The van der Waals surface area contributed by atoms with Gasteiger partial charge in [0.05, 0.1) is 12.8 Å². The Kier molecular flexibility index (Phi) is 6.30. The van der Waals surface area contributed by atoms with Crippen LogP contribution in [0.25, 0.3) is 0 Å². The van der Waals surface area contributed by atoms with Crippen molar-refractivity contribution in [2.45, 2.75) is 18.6 Å². The summed E-state index contributed by atoms with van der Waals surface area (Å²) in [4.78, 5) is 31.0. The van der Waals surface area contributed by atoms with Crippen LogP contribution < -0.4 is 10.1 Å². The molecule has 1 atom stereocenters. The Morgan fingerprint density at radius 1 is 1.21 bits per heavy atom. The molecule has 146 valence electrons. The molecular weight excluding hydrogens is 381 g/mol. The van der Waals surface area contributed by atoms with Crippen LogP contribution in [0.4, 0.5) is 15.8 Å². The highest BCUT2D eigenvalue weighted by Crippen LogP contribution is 2.31. The lowest BCUT2D eigenvalue weighted by atomic mass is 10.2. The van der Waals surface area contributed by atoms with Crippen molar-refractivity contribution in [3.05, 3.63) is 54.3 Å². The number of benzene rings is 2. The van der Waals surface area contributed by atoms with Crippen LogP contribution in [0.1, 0.15) is 13.3 Å². The first-order chi connectivity index (χ1) is 13.5. The Labute approximate surface area is 166 Å². The molecular formula is C20H20FN3O3S. The molecule has 2 aromatic carbocycles. The fourth-order valence-electron chi connectivity index (χ4n) is 2.70. The van der Waals surface area contributed by atoms with Gasteiger partial charge in [0.2, 0.25) is 11.8 Å². The molecule has 0 bridgehead atoms. The van der Waals surface area contributed by atoms with Crippen LogP contribution in [-0.4, -0.2) is 40.8 Å². The second-order valence-corrected chi connectivity index (χ2v) is 7.21. The number of amides is 2. The fourth-order valence-corrected chi connectivity index (χ4v) is 3.92. The number of aliphatic imine (C=N–C) groups is 1. The Bertz CT molecular complexity index is 885. The van der Waals surface area contributed by atoms with E-state index in [-0.39, 0.29) is 24.1 Å². The Morgan fingerprint density at radius 2 is 1.89 bits per heavy atom. The number of nitrogens with zero attached hydrogens (tertiary/aromatic N) is 2. The molecule has 6 nitrogen and oxygen atoms in total. The van der Waals surface area contributed by atoms with Crippen LogP contribution in [-0.2, 0) is 9.59 Å². The molecule has 2 amide bonds. The summed E-state index contributed by atoms with van der Waals surface area (Å²) >= 11 is 1.25. The van der Waals surface area contributed by atoms with Gasteiger partial charge >= 0.3 is 0 Å². The molecule has 1 aliphatic heterocycles. The number of halogens is 1. The minimum absolute atomic E-state index is 0.0362. The van der Waals surface area contributed by atoms with Crippen molar-refractivity contribution < 1.29 is 18.7 Å². The average Bonchev–Trinajstić information content (AvgIpc) is 2.98. The summed E-state index contributed by atoms with van der Waals surface area (Å²) in [5.41, 5.74) is 1.19. The van der Waals surface area contributed by atoms with Crippen molar-refractivity contribution in [1.29, 1.82) is 0 Å². The molecule has 2 aromatic rings. The van der Waals surface area contributed by atoms with E-state index < -0.39 is 5.25 Å². The topological polar surface area (TPSA) is 71.0 Å². The number of nitrogens with one attached hydrogen (secondary N) is 1. The summed E-state index contributed by atoms with van der Waals surface area (Å²) < 4.78 is 18.1. The molecule has 8 heteroatoms. The number of hydrogen-bond acceptors (Lipinski definition) is 5. The first-order valence-electron chi connectivity index (χ1n) is 8.76. The standard InChI is InChI=1S/C20H20FN3O3S/c1-3-24-19(26)17(28-20(24)23-15-6-4-13(21)5-7-15)12-18(25)22-14-8-10-16(27-2)11-9-14/h4-11,17H,3,12H2,1-2H3,(H,22,25)/t17-/m0/s1. The maximum atomic E-state index is 13.1. The van der Waals surface area contributed by atoms with E-state index in [0.29, 0.717) is 28.8 Å². The quantitative estimate of drug-likeness (QED) is 0.799. The zero-order valence-corrected chi connectivity index (χ0v) is 16.3. The first kappa shape index (κ1) is 19.9. The van der Waals surface area contributed by atoms with E-state index >= 15 is 0 Å². The maximum absolute atomic E-state index is 13.1. The normalized spacial score (nSPS) is 17.8. The molecule has 1 fully saturated rings. The summed E-state index contributed by atoms with van der Waals surface area (Å²) in [6, 6.07) is 12.7. The molecule has 28 heavy (non-hydrogen) atoms. The zero-order valence-electron chi connectivity index (χ0n) is 15.5. The molecule has 1 heterocycles. The van der Waals surface area contributed by atoms with Crippen LogP contribution in [0.5, 0.6) is 5.75 Å². The van der Waals surface area contributed by atoms with Gasteiger partial charge in [0.15, 0.2) is 5.17 Å². The third-order valence-corrected chi connectivity index (χ3v) is 5.31. The van der Waals surface area contributed by atoms with Crippen molar-refractivity contribution in [2.75, 3.05) is 19.0 Å². The van der Waals surface area contributed by atoms with Crippen molar-refractivity contribution in [3.63, 3.8) is 0 Å². The predicted octanol–water partition coefficient (Wildman–Crippen LogP) is 3.81. The summed E-state index contributed by atoms with van der Waals surface area (Å²) in [5, 5.41) is 2.76. The number of methoxy groups -OCH3 is 1. The molecule has 0 radical (unpaired) electrons. The van der Waals surface area contributed by atoms with Gasteiger partial charge in [-0.3, -0.25) is 14.5 Å². The van der Waals surface area contributed by atoms with Gasteiger partial charge in [-0.1, -0.05) is 11.8 Å². The monoisotopic (exact) mass is 401 g/mol. The second kappa shape index (κ2) is 8.88. The molecule has 0 spiro atoms. The largest absolute Gasteiger partial charge is 0.497 e. The molecule has 0 aromatic heterocycles. The molecule has 1 aliphatic rings. The van der Waals surface area contributed by atoms with Gasteiger partial charge in [-0.2, -0.15) is 0 Å². The highest BCUT2D eigenvalue weighted by molar-refractivity contribution is 8.15. The molecule has 0 aliphatic carbocycles. The molecule has 1 N–H and O–H groups in total. The van der Waals surface area contributed by atoms with Gasteiger partial charge in [-0.25, -0.2) is 9.38 Å². The van der Waals surface area contributed by atoms with E-state index in [1.54, 1.807) is 48.4 Å². The first-order valence-corrected chi connectivity index (χ1v) is 9.64. The fraction of sp³-hybridized carbons (Fsp3) is 0.250. The summed E-state index contributed by atoms with van der Waals surface area (Å²) in [6.45, 7) is 2.29. The van der Waals surface area contributed by atoms with Crippen LogP contribution in [0.2, 0.25) is 0 Å². The van der Waals surface area contributed by atoms with Crippen molar-refractivity contribution in [3.8, 4) is 5.75 Å². The van der Waals surface area contributed by atoms with Crippen LogP contribution in [0.3, 0.4) is 0 Å². The summed E-state index contributed by atoms with van der Waals surface area (Å²) in [7, 11) is 1.57. The SMILES string of the molecule is CCN1C(=O)[C@H](CC(=O)Nc2ccc(OC)cc2)SC1=Nc1ccc(F)cc1. The lowest BCUT2D eigenvalue weighted by Gasteiger charge is -2.13. The number of ether oxygens (including phenoxy) is 1. The van der Waals surface area contributed by atoms with Gasteiger partial charge in [0.25, 0.3) is 0 Å². The minimum atomic E-state index is -0.544. The van der Waals surface area contributed by atoms with Crippen LogP contribution >= 0.6 is 11.8 Å². The predicted molar refractivity (Wildman–Crippen MR) is 109 cm³/mol. The van der Waals surface area contributed by atoms with Crippen LogP contribution in [0.15, 0.2) is 53.5 Å². The average molecular weight is 401 g/mol. The zero-order chi connectivity index (χ0) is 20.1. The van der Waals surface area contributed by atoms with E-state index in [1.165, 1.54) is 23.9 Å². The van der Waals surface area contributed by atoms with E-state index in [0.717, 1.165) is 0 Å². The van der Waals surface area contributed by atoms with E-state index in [9.17, 15) is 14.0 Å². The third kappa shape index (κ3) is 4.69. The van der Waals surface area contributed by atoms with Gasteiger partial charge in [-0.15, -0.1) is 0 Å². The Balaban J connectivity index is 1.67. The number of amidine groups is 1. The van der Waals surface area contributed by atoms with E-state index in [2.05, 4.69) is 10.3 Å². The van der Waals surface area contributed by atoms with Gasteiger partial charge in [-0.05, 0) is 55.5 Å². The molecule has 0 unspecified atom stereocenters. The van der Waals surface area contributed by atoms with E-state index in [1.807, 2.05) is 6.92 Å². The molecule has 1 saturated heterocycles. The van der Waals surface area contributed by atoms with E-state index in [4.69, 9.17) is 4.74 Å². The summed E-state index contributed by atoms with van der Waals surface area (Å²) in [5.74, 6) is -0.0624. The smallest absolute Gasteiger partial charge is 0.242 e.